The molecule has 0 spiro atoms. The van der Waals surface area contributed by atoms with Crippen molar-refractivity contribution in [1.29, 1.82) is 0 Å². The van der Waals surface area contributed by atoms with Crippen molar-refractivity contribution >= 4 is 65.4 Å². The highest BCUT2D eigenvalue weighted by Crippen LogP contribution is 2.42. The normalized spacial score (nSPS) is 11.8. The largest absolute Gasteiger partial charge is 0.454 e. The maximum Gasteiger partial charge on any atom is 0.164 e. The van der Waals surface area contributed by atoms with Crippen LogP contribution in [0.15, 0.2) is 217 Å². The molecule has 0 N–H and O–H groups in total. The summed E-state index contributed by atoms with van der Waals surface area (Å²) in [6.07, 6.45) is 0. The standard InChI is InChI=1S/C58H35N5O/c1-2-14-38(15-3-1)56-60-57(62-58(61-56)40-29-32-42(33-30-40)63-50-22-9-6-18-44(50)45-19-7-10-23-51(45)63)39-27-25-36(26-28-39)41-31-34-49-48(35-41)53-47-20-8-11-24-52(47)64-55(53)54(59-49)46-21-12-16-37-13-4-5-17-43(37)46/h1-35H. The van der Waals surface area contributed by atoms with E-state index in [4.69, 9.17) is 24.4 Å². The van der Waals surface area contributed by atoms with Gasteiger partial charge in [-0.1, -0.05) is 158 Å². The molecule has 0 aliphatic rings. The number of furan rings is 1. The van der Waals surface area contributed by atoms with Gasteiger partial charge in [0.05, 0.1) is 16.6 Å². The molecule has 0 atom stereocenters. The molecule has 0 fully saturated rings. The zero-order valence-corrected chi connectivity index (χ0v) is 34.4. The van der Waals surface area contributed by atoms with Gasteiger partial charge in [-0.15, -0.1) is 0 Å². The third kappa shape index (κ3) is 5.81. The van der Waals surface area contributed by atoms with Crippen molar-refractivity contribution in [2.24, 2.45) is 0 Å². The highest BCUT2D eigenvalue weighted by molar-refractivity contribution is 6.22. The number of nitrogens with zero attached hydrogens (tertiary/aromatic N) is 5. The number of pyridine rings is 1. The van der Waals surface area contributed by atoms with Gasteiger partial charge < -0.3 is 8.98 Å². The minimum absolute atomic E-state index is 0.608. The van der Waals surface area contributed by atoms with Gasteiger partial charge in [-0.2, -0.15) is 0 Å². The van der Waals surface area contributed by atoms with E-state index in [9.17, 15) is 0 Å². The lowest BCUT2D eigenvalue weighted by molar-refractivity contribution is 0.669. The monoisotopic (exact) mass is 817 g/mol. The van der Waals surface area contributed by atoms with Gasteiger partial charge in [-0.25, -0.2) is 19.9 Å². The van der Waals surface area contributed by atoms with Crippen LogP contribution in [0.1, 0.15) is 0 Å². The van der Waals surface area contributed by atoms with Crippen molar-refractivity contribution in [3.63, 3.8) is 0 Å². The van der Waals surface area contributed by atoms with E-state index in [1.165, 1.54) is 27.2 Å². The fraction of sp³-hybridized carbons (Fsp3) is 0. The summed E-state index contributed by atoms with van der Waals surface area (Å²) < 4.78 is 8.98. The summed E-state index contributed by atoms with van der Waals surface area (Å²) in [5.41, 5.74) is 12.7. The average Bonchev–Trinajstić information content (AvgIpc) is 3.93. The Morgan fingerprint density at radius 1 is 0.359 bits per heavy atom. The SMILES string of the molecule is c1ccc(-c2nc(-c3ccc(-c4ccc5nc(-c6cccc7ccccc67)c6oc7ccccc7c6c5c4)cc3)nc(-c3ccc(-n4c5ccccc5c5ccccc54)cc3)n2)cc1. The second kappa shape index (κ2) is 14.4. The Morgan fingerprint density at radius 2 is 0.891 bits per heavy atom. The number of fused-ring (bicyclic) bond motifs is 9. The van der Waals surface area contributed by atoms with Crippen molar-refractivity contribution in [2.75, 3.05) is 0 Å². The number of aromatic nitrogens is 5. The maximum atomic E-state index is 6.66. The molecule has 0 saturated carbocycles. The van der Waals surface area contributed by atoms with Crippen LogP contribution in [0.3, 0.4) is 0 Å². The van der Waals surface area contributed by atoms with Crippen LogP contribution in [-0.4, -0.2) is 24.5 Å². The lowest BCUT2D eigenvalue weighted by Crippen LogP contribution is -2.00. The van der Waals surface area contributed by atoms with Crippen LogP contribution in [0.5, 0.6) is 0 Å². The molecule has 13 aromatic rings. The summed E-state index contributed by atoms with van der Waals surface area (Å²) in [6.45, 7) is 0. The third-order valence-corrected chi connectivity index (χ3v) is 12.5. The number of benzene rings is 9. The molecule has 64 heavy (non-hydrogen) atoms. The van der Waals surface area contributed by atoms with Crippen LogP contribution in [0.25, 0.3) is 128 Å². The Hall–Kier alpha value is -8.74. The van der Waals surface area contributed by atoms with Gasteiger partial charge in [0, 0.05) is 54.9 Å². The quantitative estimate of drug-likeness (QED) is 0.167. The molecule has 13 rings (SSSR count). The van der Waals surface area contributed by atoms with Gasteiger partial charge in [0.15, 0.2) is 23.1 Å². The van der Waals surface area contributed by atoms with Gasteiger partial charge in [-0.3, -0.25) is 0 Å². The third-order valence-electron chi connectivity index (χ3n) is 12.5. The number of para-hydroxylation sites is 3. The molecule has 0 bridgehead atoms. The highest BCUT2D eigenvalue weighted by atomic mass is 16.3. The van der Waals surface area contributed by atoms with E-state index in [0.717, 1.165) is 83.0 Å². The fourth-order valence-electron chi connectivity index (χ4n) is 9.40. The first kappa shape index (κ1) is 36.0. The molecule has 0 aliphatic carbocycles. The van der Waals surface area contributed by atoms with Crippen molar-refractivity contribution < 1.29 is 4.42 Å². The summed E-state index contributed by atoms with van der Waals surface area (Å²) in [5.74, 6) is 1.84. The number of hydrogen-bond donors (Lipinski definition) is 0. The number of hydrogen-bond acceptors (Lipinski definition) is 5. The molecule has 0 amide bonds. The second-order valence-electron chi connectivity index (χ2n) is 16.2. The Morgan fingerprint density at radius 3 is 1.59 bits per heavy atom. The van der Waals surface area contributed by atoms with E-state index in [-0.39, 0.29) is 0 Å². The van der Waals surface area contributed by atoms with E-state index in [1.807, 2.05) is 42.5 Å². The van der Waals surface area contributed by atoms with E-state index >= 15 is 0 Å². The minimum Gasteiger partial charge on any atom is -0.454 e. The molecular formula is C58H35N5O. The van der Waals surface area contributed by atoms with Gasteiger partial charge in [0.2, 0.25) is 0 Å². The molecule has 0 radical (unpaired) electrons. The molecule has 6 nitrogen and oxygen atoms in total. The first-order valence-electron chi connectivity index (χ1n) is 21.5. The smallest absolute Gasteiger partial charge is 0.164 e. The van der Waals surface area contributed by atoms with Crippen LogP contribution < -0.4 is 0 Å². The predicted molar refractivity (Wildman–Crippen MR) is 261 cm³/mol. The van der Waals surface area contributed by atoms with Gasteiger partial charge >= 0.3 is 0 Å². The molecule has 298 valence electrons. The number of rotatable bonds is 6. The molecule has 0 aliphatic heterocycles. The maximum absolute atomic E-state index is 6.66. The highest BCUT2D eigenvalue weighted by Gasteiger charge is 2.20. The Labute approximate surface area is 367 Å². The molecule has 4 aromatic heterocycles. The Kier molecular flexibility index (Phi) is 8.11. The summed E-state index contributed by atoms with van der Waals surface area (Å²) in [6, 6.07) is 73.9. The molecule has 4 heterocycles. The van der Waals surface area contributed by atoms with Crippen molar-refractivity contribution in [3.05, 3.63) is 212 Å². The molecule has 0 unspecified atom stereocenters. The van der Waals surface area contributed by atoms with Crippen LogP contribution in [0.4, 0.5) is 0 Å². The first-order chi connectivity index (χ1) is 31.7. The summed E-state index contributed by atoms with van der Waals surface area (Å²) in [4.78, 5) is 20.5. The fourth-order valence-corrected chi connectivity index (χ4v) is 9.40. The zero-order valence-electron chi connectivity index (χ0n) is 34.4. The van der Waals surface area contributed by atoms with E-state index < -0.39 is 0 Å². The van der Waals surface area contributed by atoms with Gasteiger partial charge in [0.25, 0.3) is 0 Å². The van der Waals surface area contributed by atoms with Crippen LogP contribution in [0.2, 0.25) is 0 Å². The summed E-state index contributed by atoms with van der Waals surface area (Å²) in [5, 5.41) is 7.96. The van der Waals surface area contributed by atoms with Crippen LogP contribution in [0, 0.1) is 0 Å². The van der Waals surface area contributed by atoms with Crippen molar-refractivity contribution in [3.8, 4) is 62.2 Å². The summed E-state index contributed by atoms with van der Waals surface area (Å²) in [7, 11) is 0. The average molecular weight is 818 g/mol. The first-order valence-corrected chi connectivity index (χ1v) is 21.5. The minimum atomic E-state index is 0.608. The van der Waals surface area contributed by atoms with Crippen molar-refractivity contribution in [2.45, 2.75) is 0 Å². The topological polar surface area (TPSA) is 69.6 Å². The molecule has 6 heteroatoms. The van der Waals surface area contributed by atoms with Gasteiger partial charge in [0.1, 0.15) is 11.3 Å². The van der Waals surface area contributed by atoms with E-state index in [2.05, 4.69) is 174 Å². The lowest BCUT2D eigenvalue weighted by Gasteiger charge is -2.12. The lowest BCUT2D eigenvalue weighted by atomic mass is 9.96. The second-order valence-corrected chi connectivity index (χ2v) is 16.2. The van der Waals surface area contributed by atoms with Gasteiger partial charge in [-0.05, 0) is 76.5 Å². The summed E-state index contributed by atoms with van der Waals surface area (Å²) >= 11 is 0. The van der Waals surface area contributed by atoms with E-state index in [1.54, 1.807) is 0 Å². The zero-order chi connectivity index (χ0) is 42.1. The Balaban J connectivity index is 0.894. The molecule has 0 saturated heterocycles. The van der Waals surface area contributed by atoms with Crippen LogP contribution >= 0.6 is 0 Å². The van der Waals surface area contributed by atoms with E-state index in [0.29, 0.717) is 17.5 Å². The van der Waals surface area contributed by atoms with Crippen molar-refractivity contribution in [1.82, 2.24) is 24.5 Å². The van der Waals surface area contributed by atoms with Crippen LogP contribution in [-0.2, 0) is 0 Å². The predicted octanol–water partition coefficient (Wildman–Crippen LogP) is 14.9. The Bertz CT molecular complexity index is 3890. The molecular weight excluding hydrogens is 783 g/mol. The molecule has 9 aromatic carbocycles.